The first-order chi connectivity index (χ1) is 27.2. The molecule has 0 radical (unpaired) electrons. The van der Waals surface area contributed by atoms with Crippen molar-refractivity contribution in [3.05, 3.63) is 36.6 Å². The Balaban J connectivity index is 1.59. The van der Waals surface area contributed by atoms with Gasteiger partial charge in [0.05, 0.1) is 13.2 Å². The van der Waals surface area contributed by atoms with E-state index in [-0.39, 0.29) is 86.7 Å². The highest BCUT2D eigenvalue weighted by Crippen LogP contribution is 2.33. The summed E-state index contributed by atoms with van der Waals surface area (Å²) < 4.78 is 43.7. The van der Waals surface area contributed by atoms with E-state index in [1.54, 1.807) is 13.8 Å². The summed E-state index contributed by atoms with van der Waals surface area (Å²) in [5, 5.41) is 5.62. The van der Waals surface area contributed by atoms with Gasteiger partial charge >= 0.3 is 30.1 Å². The highest BCUT2D eigenvalue weighted by Gasteiger charge is 2.51. The van der Waals surface area contributed by atoms with Crippen LogP contribution in [-0.4, -0.2) is 107 Å². The van der Waals surface area contributed by atoms with Crippen LogP contribution in [0.15, 0.2) is 36.6 Å². The van der Waals surface area contributed by atoms with E-state index in [0.717, 1.165) is 24.8 Å². The molecule has 0 aromatic rings. The van der Waals surface area contributed by atoms with Gasteiger partial charge in [-0.25, -0.2) is 14.4 Å². The van der Waals surface area contributed by atoms with Gasteiger partial charge in [-0.3, -0.25) is 9.59 Å². The third kappa shape index (κ3) is 20.0. The van der Waals surface area contributed by atoms with Crippen LogP contribution in [0.2, 0.25) is 0 Å². The number of allylic oxidation sites excluding steroid dienone is 1. The molecule has 0 saturated carbocycles. The number of ether oxygens (including phenoxy) is 8. The maximum atomic E-state index is 12.7. The van der Waals surface area contributed by atoms with Crippen LogP contribution >= 0.6 is 0 Å². The number of esters is 3. The Bertz CT molecular complexity index is 1310. The molecule has 0 aromatic heterocycles. The van der Waals surface area contributed by atoms with Crippen molar-refractivity contribution < 1.29 is 61.9 Å². The molecule has 6 atom stereocenters. The van der Waals surface area contributed by atoms with Crippen molar-refractivity contribution in [2.45, 2.75) is 131 Å². The van der Waals surface area contributed by atoms with E-state index in [9.17, 15) is 24.0 Å². The van der Waals surface area contributed by atoms with Gasteiger partial charge in [-0.1, -0.05) is 67.7 Å². The van der Waals surface area contributed by atoms with Crippen molar-refractivity contribution in [1.82, 2.24) is 10.6 Å². The summed E-state index contributed by atoms with van der Waals surface area (Å²) >= 11 is 0. The molecule has 15 nitrogen and oxygen atoms in total. The normalized spacial score (nSPS) is 19.8. The topological polar surface area (TPSA) is 183 Å². The first-order valence-electron chi connectivity index (χ1n) is 20.4. The van der Waals surface area contributed by atoms with E-state index in [1.807, 2.05) is 0 Å². The maximum Gasteiger partial charge on any atom is 0.407 e. The smallest absolute Gasteiger partial charge is 0.407 e. The van der Waals surface area contributed by atoms with Crippen LogP contribution in [0, 0.1) is 22.7 Å². The number of alkyl carbamates (subject to hydrolysis) is 2. The number of hydrogen-bond donors (Lipinski definition) is 2. The molecule has 0 aromatic carbocycles. The van der Waals surface area contributed by atoms with Crippen LogP contribution in [0.4, 0.5) is 9.59 Å². The van der Waals surface area contributed by atoms with E-state index in [1.165, 1.54) is 0 Å². The molecule has 2 heterocycles. The Morgan fingerprint density at radius 3 is 1.88 bits per heavy atom. The molecule has 2 saturated heterocycles. The fourth-order valence-corrected chi connectivity index (χ4v) is 7.03. The lowest BCUT2D eigenvalue weighted by molar-refractivity contribution is -0.154. The zero-order valence-electron chi connectivity index (χ0n) is 36.2. The third-order valence-corrected chi connectivity index (χ3v) is 10.0. The SMILES string of the molecule is C=C(C)C(=C)OCCOC(=O)NCC(C)(C)CC(C)CCCC(=O)O[C@H]1CO[C@H]2[C@@H]1OC[C@H]2OC(=O)NCCC(C)CC(C)(C)CCC(=O)OCCOC(=O)C(=C)C. The number of amides is 2. The molecule has 2 rings (SSSR count). The van der Waals surface area contributed by atoms with Crippen molar-refractivity contribution in [2.75, 3.05) is 52.7 Å². The summed E-state index contributed by atoms with van der Waals surface area (Å²) in [5.74, 6) is -0.158. The summed E-state index contributed by atoms with van der Waals surface area (Å²) in [7, 11) is 0. The molecule has 0 spiro atoms. The largest absolute Gasteiger partial charge is 0.490 e. The quantitative estimate of drug-likeness (QED) is 0.0222. The minimum Gasteiger partial charge on any atom is -0.490 e. The number of carbonyl (C=O) groups excluding carboxylic acids is 5. The van der Waals surface area contributed by atoms with Gasteiger partial charge in [-0.15, -0.1) is 0 Å². The van der Waals surface area contributed by atoms with Crippen molar-refractivity contribution in [3.63, 3.8) is 0 Å². The summed E-state index contributed by atoms with van der Waals surface area (Å²) in [6, 6.07) is 0. The fourth-order valence-electron chi connectivity index (χ4n) is 7.03. The molecular weight excluding hydrogens is 752 g/mol. The van der Waals surface area contributed by atoms with Gasteiger partial charge in [0.2, 0.25) is 0 Å². The summed E-state index contributed by atoms with van der Waals surface area (Å²) in [4.78, 5) is 61.0. The summed E-state index contributed by atoms with van der Waals surface area (Å²) in [6.07, 6.45) is 1.67. The van der Waals surface area contributed by atoms with Crippen molar-refractivity contribution in [2.24, 2.45) is 22.7 Å². The first-order valence-corrected chi connectivity index (χ1v) is 20.4. The minimum absolute atomic E-state index is 0.00153. The molecule has 0 aliphatic carbocycles. The third-order valence-electron chi connectivity index (χ3n) is 10.0. The van der Waals surface area contributed by atoms with E-state index >= 15 is 0 Å². The van der Waals surface area contributed by atoms with Crippen LogP contribution in [-0.2, 0) is 52.3 Å². The Hall–Kier alpha value is -4.11. The average molecular weight is 823 g/mol. The Kier molecular flexibility index (Phi) is 21.3. The number of hydrogen-bond acceptors (Lipinski definition) is 13. The standard InChI is InChI=1S/C43H70N2O13/c1-28(2)32(7)51-19-22-54-40(49)45-27-43(10,11)24-30(5)13-12-14-36(47)57-33-25-55-38-34(26-56-37(33)38)58-41(50)44-18-16-31(6)23-42(8,9)17-15-35(46)52-20-21-53-39(48)29(3)4/h30-31,33-34,37-38H,1,3,7,12-27H2,2,4-6,8-11H3,(H,44,50)(H,45,49)/t30?,31?,33-,34+,37+,38+/m0/s1. The number of rotatable bonds is 27. The van der Waals surface area contributed by atoms with Gasteiger partial charge in [0, 0.05) is 31.5 Å². The number of fused-ring (bicyclic) bond motifs is 1. The van der Waals surface area contributed by atoms with Crippen LogP contribution < -0.4 is 10.6 Å². The lowest BCUT2D eigenvalue weighted by atomic mass is 9.79. The molecule has 2 amide bonds. The van der Waals surface area contributed by atoms with Crippen molar-refractivity contribution in [1.29, 1.82) is 0 Å². The van der Waals surface area contributed by atoms with Crippen molar-refractivity contribution >= 4 is 30.1 Å². The lowest BCUT2D eigenvalue weighted by Gasteiger charge is -2.28. The van der Waals surface area contributed by atoms with Crippen LogP contribution in [0.1, 0.15) is 107 Å². The Morgan fingerprint density at radius 2 is 1.24 bits per heavy atom. The van der Waals surface area contributed by atoms with Crippen molar-refractivity contribution in [3.8, 4) is 0 Å². The Labute approximate surface area is 345 Å². The van der Waals surface area contributed by atoms with Gasteiger partial charge in [-0.05, 0) is 74.2 Å². The van der Waals surface area contributed by atoms with Gasteiger partial charge < -0.3 is 48.5 Å². The van der Waals surface area contributed by atoms with E-state index in [4.69, 9.17) is 37.9 Å². The molecule has 330 valence electrons. The molecule has 2 aliphatic heterocycles. The molecule has 2 unspecified atom stereocenters. The maximum absolute atomic E-state index is 12.7. The molecule has 58 heavy (non-hydrogen) atoms. The van der Waals surface area contributed by atoms with E-state index in [0.29, 0.717) is 44.0 Å². The van der Waals surface area contributed by atoms with E-state index in [2.05, 4.69) is 71.9 Å². The van der Waals surface area contributed by atoms with Gasteiger partial charge in [-0.2, -0.15) is 0 Å². The van der Waals surface area contributed by atoms with Gasteiger partial charge in [0.1, 0.15) is 44.4 Å². The minimum atomic E-state index is -0.621. The fraction of sp³-hybridized carbons (Fsp3) is 0.744. The van der Waals surface area contributed by atoms with Crippen LogP contribution in [0.3, 0.4) is 0 Å². The average Bonchev–Trinajstić information content (AvgIpc) is 3.72. The molecule has 2 N–H and O–H groups in total. The predicted octanol–water partition coefficient (Wildman–Crippen LogP) is 6.73. The molecule has 15 heteroatoms. The molecule has 0 bridgehead atoms. The van der Waals surface area contributed by atoms with Gasteiger partial charge in [0.25, 0.3) is 0 Å². The second-order valence-electron chi connectivity index (χ2n) is 17.3. The highest BCUT2D eigenvalue weighted by molar-refractivity contribution is 5.86. The van der Waals surface area contributed by atoms with Crippen LogP contribution in [0.5, 0.6) is 0 Å². The second kappa shape index (κ2) is 24.7. The predicted molar refractivity (Wildman–Crippen MR) is 216 cm³/mol. The van der Waals surface area contributed by atoms with Crippen LogP contribution in [0.25, 0.3) is 0 Å². The zero-order valence-corrected chi connectivity index (χ0v) is 36.2. The second-order valence-corrected chi connectivity index (χ2v) is 17.3. The van der Waals surface area contributed by atoms with E-state index < -0.39 is 42.6 Å². The zero-order chi connectivity index (χ0) is 43.5. The van der Waals surface area contributed by atoms with Gasteiger partial charge in [0.15, 0.2) is 12.2 Å². The molecular formula is C43H70N2O13. The monoisotopic (exact) mass is 822 g/mol. The molecule has 2 fully saturated rings. The summed E-state index contributed by atoms with van der Waals surface area (Å²) in [5.41, 5.74) is 0.692. The Morgan fingerprint density at radius 1 is 0.672 bits per heavy atom. The highest BCUT2D eigenvalue weighted by atomic mass is 16.7. The number of carbonyl (C=O) groups is 5. The summed E-state index contributed by atoms with van der Waals surface area (Å²) in [6.45, 7) is 28.3. The molecule has 2 aliphatic rings. The first kappa shape index (κ1) is 50.0. The number of nitrogens with one attached hydrogen (secondary N) is 2. The lowest BCUT2D eigenvalue weighted by Crippen LogP contribution is -2.38.